The van der Waals surface area contributed by atoms with Crippen molar-refractivity contribution in [1.82, 2.24) is 27.0 Å². The van der Waals surface area contributed by atoms with Gasteiger partial charge in [0.05, 0.1) is 0 Å². The Kier molecular flexibility index (Phi) is 6.77. The molecule has 5 N–H and O–H groups in total. The van der Waals surface area contributed by atoms with E-state index in [1.807, 2.05) is 7.05 Å². The molecule has 0 aliphatic rings. The van der Waals surface area contributed by atoms with Gasteiger partial charge in [0.1, 0.15) is 6.04 Å². The molecule has 1 atom stereocenters. The summed E-state index contributed by atoms with van der Waals surface area (Å²) in [5, 5.41) is 2.70. The van der Waals surface area contributed by atoms with Crippen LogP contribution in [-0.2, 0) is 4.79 Å². The van der Waals surface area contributed by atoms with Gasteiger partial charge in [-0.15, -0.1) is 0 Å². The van der Waals surface area contributed by atoms with Crippen molar-refractivity contribution in [3.63, 3.8) is 0 Å². The van der Waals surface area contributed by atoms with Gasteiger partial charge in [0.2, 0.25) is 5.91 Å². The summed E-state index contributed by atoms with van der Waals surface area (Å²) in [6.07, 6.45) is 0.827. The standard InChI is InChI=1S/C12H29N5O/c1-11(2,8-12(3,4)17-15-7)9(16-14-6)10(18)13-5/h9,14-17H,8H2,1-7H3,(H,13,18). The Labute approximate surface area is 111 Å². The van der Waals surface area contributed by atoms with Gasteiger partial charge in [-0.2, -0.15) is 0 Å². The van der Waals surface area contributed by atoms with Gasteiger partial charge in [0.25, 0.3) is 0 Å². The fourth-order valence-electron chi connectivity index (χ4n) is 2.53. The zero-order valence-electron chi connectivity index (χ0n) is 12.7. The Morgan fingerprint density at radius 3 is 2.00 bits per heavy atom. The second-order valence-corrected chi connectivity index (χ2v) is 5.87. The fraction of sp³-hybridized carbons (Fsp3) is 0.917. The number of carbonyl (C=O) groups is 1. The van der Waals surface area contributed by atoms with Crippen molar-refractivity contribution in [2.75, 3.05) is 21.1 Å². The molecule has 0 aliphatic heterocycles. The molecule has 0 aromatic rings. The highest BCUT2D eigenvalue weighted by atomic mass is 16.2. The lowest BCUT2D eigenvalue weighted by Gasteiger charge is -2.40. The molecule has 6 heteroatoms. The second-order valence-electron chi connectivity index (χ2n) is 5.87. The van der Waals surface area contributed by atoms with E-state index in [0.717, 1.165) is 6.42 Å². The zero-order chi connectivity index (χ0) is 14.4. The van der Waals surface area contributed by atoms with E-state index in [0.29, 0.717) is 0 Å². The third-order valence-electron chi connectivity index (χ3n) is 2.94. The monoisotopic (exact) mass is 259 g/mol. The minimum atomic E-state index is -0.301. The normalized spacial score (nSPS) is 14.4. The highest BCUT2D eigenvalue weighted by Crippen LogP contribution is 2.31. The van der Waals surface area contributed by atoms with E-state index in [-0.39, 0.29) is 22.9 Å². The lowest BCUT2D eigenvalue weighted by molar-refractivity contribution is -0.126. The number of carbonyl (C=O) groups excluding carboxylic acids is 1. The van der Waals surface area contributed by atoms with Crippen LogP contribution in [-0.4, -0.2) is 38.6 Å². The van der Waals surface area contributed by atoms with Crippen LogP contribution in [0.2, 0.25) is 0 Å². The first kappa shape index (κ1) is 17.3. The predicted molar refractivity (Wildman–Crippen MR) is 74.7 cm³/mol. The number of nitrogens with one attached hydrogen (secondary N) is 5. The average Bonchev–Trinajstić information content (AvgIpc) is 2.22. The predicted octanol–water partition coefficient (Wildman–Crippen LogP) is -0.256. The van der Waals surface area contributed by atoms with E-state index in [4.69, 9.17) is 0 Å². The van der Waals surface area contributed by atoms with Crippen molar-refractivity contribution >= 4 is 5.91 Å². The molecular formula is C12H29N5O. The lowest BCUT2D eigenvalue weighted by Crippen LogP contribution is -2.59. The van der Waals surface area contributed by atoms with Crippen LogP contribution in [0.1, 0.15) is 34.1 Å². The molecular weight excluding hydrogens is 230 g/mol. The maximum Gasteiger partial charge on any atom is 0.238 e. The summed E-state index contributed by atoms with van der Waals surface area (Å²) in [5.74, 6) is -0.0189. The molecule has 1 unspecified atom stereocenters. The summed E-state index contributed by atoms with van der Waals surface area (Å²) in [4.78, 5) is 11.9. The number of hydrogen-bond acceptors (Lipinski definition) is 5. The van der Waals surface area contributed by atoms with Crippen molar-refractivity contribution in [2.24, 2.45) is 5.41 Å². The van der Waals surface area contributed by atoms with E-state index in [2.05, 4.69) is 54.7 Å². The Hall–Kier alpha value is -0.690. The van der Waals surface area contributed by atoms with Gasteiger partial charge in [0, 0.05) is 12.6 Å². The van der Waals surface area contributed by atoms with Crippen LogP contribution in [0.15, 0.2) is 0 Å². The third kappa shape index (κ3) is 5.30. The number of amides is 1. The van der Waals surface area contributed by atoms with Crippen LogP contribution in [0.25, 0.3) is 0 Å². The SMILES string of the molecule is CNNC(C(=O)NC)C(C)(C)CC(C)(C)NNC. The largest absolute Gasteiger partial charge is 0.358 e. The number of rotatable bonds is 8. The summed E-state index contributed by atoms with van der Waals surface area (Å²) in [7, 11) is 5.26. The van der Waals surface area contributed by atoms with Gasteiger partial charge in [-0.05, 0) is 39.8 Å². The number of hydrogen-bond donors (Lipinski definition) is 5. The summed E-state index contributed by atoms with van der Waals surface area (Å²) in [6.45, 7) is 8.36. The van der Waals surface area contributed by atoms with Crippen molar-refractivity contribution in [1.29, 1.82) is 0 Å². The molecule has 0 bridgehead atoms. The minimum Gasteiger partial charge on any atom is -0.358 e. The Morgan fingerprint density at radius 2 is 1.61 bits per heavy atom. The van der Waals surface area contributed by atoms with Crippen LogP contribution in [0.3, 0.4) is 0 Å². The molecule has 0 aliphatic carbocycles. The van der Waals surface area contributed by atoms with Crippen LogP contribution in [0, 0.1) is 5.41 Å². The lowest BCUT2D eigenvalue weighted by atomic mass is 9.74. The quantitative estimate of drug-likeness (QED) is 0.388. The molecule has 0 heterocycles. The maximum absolute atomic E-state index is 11.9. The van der Waals surface area contributed by atoms with Crippen LogP contribution in [0.4, 0.5) is 0 Å². The summed E-state index contributed by atoms with van der Waals surface area (Å²) < 4.78 is 0. The first-order chi connectivity index (χ1) is 8.20. The maximum atomic E-state index is 11.9. The fourth-order valence-corrected chi connectivity index (χ4v) is 2.53. The molecule has 0 saturated carbocycles. The summed E-state index contributed by atoms with van der Waals surface area (Å²) in [5.41, 5.74) is 11.7. The first-order valence-electron chi connectivity index (χ1n) is 6.28. The van der Waals surface area contributed by atoms with Crippen molar-refractivity contribution < 1.29 is 4.79 Å². The highest BCUT2D eigenvalue weighted by molar-refractivity contribution is 5.82. The van der Waals surface area contributed by atoms with E-state index in [1.165, 1.54) is 0 Å². The van der Waals surface area contributed by atoms with E-state index < -0.39 is 0 Å². The van der Waals surface area contributed by atoms with Gasteiger partial charge >= 0.3 is 0 Å². The molecule has 0 spiro atoms. The van der Waals surface area contributed by atoms with Gasteiger partial charge in [-0.3, -0.25) is 21.1 Å². The average molecular weight is 259 g/mol. The van der Waals surface area contributed by atoms with Gasteiger partial charge in [0.15, 0.2) is 0 Å². The van der Waals surface area contributed by atoms with Crippen molar-refractivity contribution in [3.8, 4) is 0 Å². The summed E-state index contributed by atoms with van der Waals surface area (Å²) in [6, 6.07) is -0.301. The molecule has 0 rings (SSSR count). The molecule has 18 heavy (non-hydrogen) atoms. The zero-order valence-corrected chi connectivity index (χ0v) is 12.7. The molecule has 0 saturated heterocycles. The van der Waals surface area contributed by atoms with E-state index in [9.17, 15) is 4.79 Å². The van der Waals surface area contributed by atoms with E-state index >= 15 is 0 Å². The topological polar surface area (TPSA) is 77.2 Å². The highest BCUT2D eigenvalue weighted by Gasteiger charge is 2.38. The molecule has 0 aromatic heterocycles. The third-order valence-corrected chi connectivity index (χ3v) is 2.94. The van der Waals surface area contributed by atoms with Crippen LogP contribution >= 0.6 is 0 Å². The molecule has 1 amide bonds. The van der Waals surface area contributed by atoms with Crippen LogP contribution in [0.5, 0.6) is 0 Å². The Balaban J connectivity index is 4.88. The minimum absolute atomic E-state index is 0.0189. The van der Waals surface area contributed by atoms with Crippen LogP contribution < -0.4 is 27.0 Å². The number of hydrazine groups is 2. The molecule has 0 radical (unpaired) electrons. The van der Waals surface area contributed by atoms with E-state index in [1.54, 1.807) is 14.1 Å². The molecule has 6 nitrogen and oxygen atoms in total. The molecule has 0 aromatic carbocycles. The smallest absolute Gasteiger partial charge is 0.238 e. The molecule has 0 fully saturated rings. The number of likely N-dealkylation sites (N-methyl/N-ethyl adjacent to an activating group) is 1. The second kappa shape index (κ2) is 7.04. The van der Waals surface area contributed by atoms with Gasteiger partial charge in [-0.1, -0.05) is 13.8 Å². The van der Waals surface area contributed by atoms with Crippen molar-refractivity contribution in [2.45, 2.75) is 45.7 Å². The van der Waals surface area contributed by atoms with Gasteiger partial charge < -0.3 is 5.32 Å². The first-order valence-corrected chi connectivity index (χ1v) is 6.28. The van der Waals surface area contributed by atoms with Gasteiger partial charge in [-0.25, -0.2) is 5.43 Å². The molecule has 108 valence electrons. The Bertz CT molecular complexity index is 265. The summed E-state index contributed by atoms with van der Waals surface area (Å²) >= 11 is 0. The van der Waals surface area contributed by atoms with Crippen molar-refractivity contribution in [3.05, 3.63) is 0 Å². The Morgan fingerprint density at radius 1 is 1.06 bits per heavy atom.